The first kappa shape index (κ1) is 16.6. The molecule has 1 aromatic carbocycles. The number of anilines is 1. The van der Waals surface area contributed by atoms with Crippen molar-refractivity contribution in [2.75, 3.05) is 35.2 Å². The van der Waals surface area contributed by atoms with Crippen molar-refractivity contribution in [1.29, 1.82) is 0 Å². The second kappa shape index (κ2) is 6.98. The van der Waals surface area contributed by atoms with Crippen molar-refractivity contribution in [1.82, 2.24) is 0 Å². The lowest BCUT2D eigenvalue weighted by atomic mass is 10.1. The molecular formula is C14H21FN2O2S2. The molecule has 1 fully saturated rings. The van der Waals surface area contributed by atoms with E-state index in [0.717, 1.165) is 11.3 Å². The van der Waals surface area contributed by atoms with Gasteiger partial charge >= 0.3 is 0 Å². The van der Waals surface area contributed by atoms with E-state index in [4.69, 9.17) is 5.73 Å². The molecule has 21 heavy (non-hydrogen) atoms. The Labute approximate surface area is 129 Å². The van der Waals surface area contributed by atoms with E-state index in [-0.39, 0.29) is 11.6 Å². The highest BCUT2D eigenvalue weighted by atomic mass is 32.2. The first-order valence-electron chi connectivity index (χ1n) is 7.04. The Bertz CT molecular complexity index is 593. The highest BCUT2D eigenvalue weighted by molar-refractivity contribution is 8.01. The van der Waals surface area contributed by atoms with Gasteiger partial charge in [0, 0.05) is 23.8 Å². The third-order valence-electron chi connectivity index (χ3n) is 3.66. The summed E-state index contributed by atoms with van der Waals surface area (Å²) in [4.78, 5) is 1.69. The summed E-state index contributed by atoms with van der Waals surface area (Å²) in [5, 5.41) is -0.642. The summed E-state index contributed by atoms with van der Waals surface area (Å²) in [5.74, 6) is 0.991. The van der Waals surface area contributed by atoms with Crippen LogP contribution in [0.4, 0.5) is 10.1 Å². The van der Waals surface area contributed by atoms with Crippen LogP contribution in [0.2, 0.25) is 0 Å². The van der Waals surface area contributed by atoms with Gasteiger partial charge in [0.05, 0.1) is 5.69 Å². The SMILES string of the molecule is CCS(=O)(=O)C1CSCCN1c1ccc(CCN)cc1F. The van der Waals surface area contributed by atoms with Gasteiger partial charge in [-0.1, -0.05) is 13.0 Å². The van der Waals surface area contributed by atoms with Gasteiger partial charge < -0.3 is 10.6 Å². The van der Waals surface area contributed by atoms with Crippen LogP contribution in [0.1, 0.15) is 12.5 Å². The smallest absolute Gasteiger partial charge is 0.171 e. The molecule has 0 aliphatic carbocycles. The van der Waals surface area contributed by atoms with Crippen LogP contribution in [-0.2, 0) is 16.3 Å². The Morgan fingerprint density at radius 3 is 2.86 bits per heavy atom. The summed E-state index contributed by atoms with van der Waals surface area (Å²) in [6.45, 7) is 2.64. The summed E-state index contributed by atoms with van der Waals surface area (Å²) in [7, 11) is -3.24. The number of hydrogen-bond acceptors (Lipinski definition) is 5. The summed E-state index contributed by atoms with van der Waals surface area (Å²) >= 11 is 1.60. The van der Waals surface area contributed by atoms with Gasteiger partial charge in [0.25, 0.3) is 0 Å². The lowest BCUT2D eigenvalue weighted by Gasteiger charge is -2.36. The fraction of sp³-hybridized carbons (Fsp3) is 0.571. The first-order valence-corrected chi connectivity index (χ1v) is 9.91. The van der Waals surface area contributed by atoms with Gasteiger partial charge in [-0.25, -0.2) is 12.8 Å². The molecule has 1 aromatic rings. The third-order valence-corrected chi connectivity index (χ3v) is 6.94. The van der Waals surface area contributed by atoms with Gasteiger partial charge in [-0.15, -0.1) is 0 Å². The number of halogens is 1. The lowest BCUT2D eigenvalue weighted by Crippen LogP contribution is -2.48. The normalized spacial score (nSPS) is 19.8. The zero-order valence-corrected chi connectivity index (χ0v) is 13.7. The third kappa shape index (κ3) is 3.70. The van der Waals surface area contributed by atoms with Crippen molar-refractivity contribution in [3.05, 3.63) is 29.6 Å². The zero-order valence-electron chi connectivity index (χ0n) is 12.1. The summed E-state index contributed by atoms with van der Waals surface area (Å²) < 4.78 is 38.8. The molecule has 7 heteroatoms. The molecule has 2 N–H and O–H groups in total. The van der Waals surface area contributed by atoms with Crippen LogP contribution in [0.5, 0.6) is 0 Å². The van der Waals surface area contributed by atoms with Crippen LogP contribution >= 0.6 is 11.8 Å². The number of nitrogens with two attached hydrogens (primary N) is 1. The summed E-state index contributed by atoms with van der Waals surface area (Å²) in [6.07, 6.45) is 0.615. The molecule has 0 amide bonds. The quantitative estimate of drug-likeness (QED) is 0.888. The van der Waals surface area contributed by atoms with Gasteiger partial charge in [0.2, 0.25) is 0 Å². The molecule has 1 unspecified atom stereocenters. The molecule has 118 valence electrons. The largest absolute Gasteiger partial charge is 0.351 e. The van der Waals surface area contributed by atoms with E-state index in [1.165, 1.54) is 6.07 Å². The minimum Gasteiger partial charge on any atom is -0.351 e. The van der Waals surface area contributed by atoms with E-state index in [2.05, 4.69) is 0 Å². The monoisotopic (exact) mass is 332 g/mol. The molecule has 4 nitrogen and oxygen atoms in total. The maximum Gasteiger partial charge on any atom is 0.171 e. The highest BCUT2D eigenvalue weighted by Gasteiger charge is 2.34. The molecule has 0 radical (unpaired) electrons. The van der Waals surface area contributed by atoms with Crippen molar-refractivity contribution in [2.45, 2.75) is 18.7 Å². The standard InChI is InChI=1S/C14H21FN2O2S2/c1-2-21(18,19)14-10-20-8-7-17(14)13-4-3-11(5-6-16)9-12(13)15/h3-4,9,14H,2,5-8,10,16H2,1H3. The predicted octanol–water partition coefficient (Wildman–Crippen LogP) is 1.64. The van der Waals surface area contributed by atoms with Crippen LogP contribution in [-0.4, -0.2) is 44.1 Å². The van der Waals surface area contributed by atoms with E-state index < -0.39 is 15.2 Å². The average Bonchev–Trinajstić information content (AvgIpc) is 2.48. The van der Waals surface area contributed by atoms with E-state index in [9.17, 15) is 12.8 Å². The van der Waals surface area contributed by atoms with Crippen LogP contribution in [0.3, 0.4) is 0 Å². The van der Waals surface area contributed by atoms with Crippen molar-refractivity contribution in [3.63, 3.8) is 0 Å². The Balaban J connectivity index is 2.34. The highest BCUT2D eigenvalue weighted by Crippen LogP contribution is 2.30. The number of sulfone groups is 1. The number of nitrogens with zero attached hydrogens (tertiary/aromatic N) is 1. The number of hydrogen-bond donors (Lipinski definition) is 1. The van der Waals surface area contributed by atoms with Gasteiger partial charge in [0.15, 0.2) is 9.84 Å². The van der Waals surface area contributed by atoms with Crippen LogP contribution in [0, 0.1) is 5.82 Å². The fourth-order valence-corrected chi connectivity index (χ4v) is 5.44. The minimum absolute atomic E-state index is 0.0710. The summed E-state index contributed by atoms with van der Waals surface area (Å²) in [6, 6.07) is 4.96. The minimum atomic E-state index is -3.24. The molecule has 1 saturated heterocycles. The zero-order chi connectivity index (χ0) is 15.5. The Morgan fingerprint density at radius 1 is 1.48 bits per heavy atom. The molecule has 1 aliphatic heterocycles. The number of thioether (sulfide) groups is 1. The van der Waals surface area contributed by atoms with E-state index in [1.807, 2.05) is 6.07 Å². The average molecular weight is 332 g/mol. The predicted molar refractivity (Wildman–Crippen MR) is 87.1 cm³/mol. The van der Waals surface area contributed by atoms with E-state index in [0.29, 0.717) is 31.0 Å². The van der Waals surface area contributed by atoms with Crippen molar-refractivity contribution in [3.8, 4) is 0 Å². The molecule has 1 aliphatic rings. The second-order valence-corrected chi connectivity index (χ2v) is 8.60. The molecule has 0 bridgehead atoms. The molecule has 2 rings (SSSR count). The van der Waals surface area contributed by atoms with Crippen molar-refractivity contribution >= 4 is 27.3 Å². The molecular weight excluding hydrogens is 311 g/mol. The van der Waals surface area contributed by atoms with Crippen LogP contribution < -0.4 is 10.6 Å². The molecule has 0 saturated carbocycles. The Hall–Kier alpha value is -0.790. The number of benzene rings is 1. The van der Waals surface area contributed by atoms with Gasteiger partial charge in [-0.2, -0.15) is 11.8 Å². The van der Waals surface area contributed by atoms with E-state index in [1.54, 1.807) is 29.7 Å². The van der Waals surface area contributed by atoms with E-state index >= 15 is 0 Å². The second-order valence-electron chi connectivity index (χ2n) is 5.00. The number of rotatable bonds is 5. The molecule has 0 spiro atoms. The molecule has 0 aromatic heterocycles. The van der Waals surface area contributed by atoms with Gasteiger partial charge in [-0.3, -0.25) is 0 Å². The van der Waals surface area contributed by atoms with Crippen LogP contribution in [0.25, 0.3) is 0 Å². The first-order chi connectivity index (χ1) is 9.99. The topological polar surface area (TPSA) is 63.4 Å². The maximum absolute atomic E-state index is 14.3. The fourth-order valence-electron chi connectivity index (χ4n) is 2.45. The summed E-state index contributed by atoms with van der Waals surface area (Å²) in [5.41, 5.74) is 6.68. The van der Waals surface area contributed by atoms with Crippen molar-refractivity contribution < 1.29 is 12.8 Å². The van der Waals surface area contributed by atoms with Crippen LogP contribution in [0.15, 0.2) is 18.2 Å². The van der Waals surface area contributed by atoms with Crippen molar-refractivity contribution in [2.24, 2.45) is 5.73 Å². The molecule has 1 atom stereocenters. The van der Waals surface area contributed by atoms with Gasteiger partial charge in [-0.05, 0) is 30.7 Å². The lowest BCUT2D eigenvalue weighted by molar-refractivity contribution is 0.574. The maximum atomic E-state index is 14.3. The Morgan fingerprint density at radius 2 is 2.24 bits per heavy atom. The van der Waals surface area contributed by atoms with Gasteiger partial charge in [0.1, 0.15) is 11.2 Å². The Kier molecular flexibility index (Phi) is 5.51. The molecule has 1 heterocycles.